The van der Waals surface area contributed by atoms with E-state index in [2.05, 4.69) is 10.6 Å². The molecular formula is C14H9Cl2F3N2O. The summed E-state index contributed by atoms with van der Waals surface area (Å²) in [7, 11) is 0. The molecule has 2 amide bonds. The van der Waals surface area contributed by atoms with E-state index in [9.17, 15) is 18.0 Å². The number of carbonyl (C=O) groups excluding carboxylic acids is 1. The van der Waals surface area contributed by atoms with Gasteiger partial charge in [-0.25, -0.2) is 4.79 Å². The van der Waals surface area contributed by atoms with Crippen molar-refractivity contribution in [2.45, 2.75) is 6.18 Å². The van der Waals surface area contributed by atoms with E-state index in [4.69, 9.17) is 23.2 Å². The molecule has 8 heteroatoms. The van der Waals surface area contributed by atoms with Gasteiger partial charge in [0.05, 0.1) is 16.3 Å². The molecule has 22 heavy (non-hydrogen) atoms. The third kappa shape index (κ3) is 4.29. The highest BCUT2D eigenvalue weighted by Gasteiger charge is 2.31. The maximum absolute atomic E-state index is 12.6. The van der Waals surface area contributed by atoms with Gasteiger partial charge < -0.3 is 10.6 Å². The van der Waals surface area contributed by atoms with Crippen LogP contribution in [0.3, 0.4) is 0 Å². The molecule has 0 atom stereocenters. The smallest absolute Gasteiger partial charge is 0.308 e. The standard InChI is InChI=1S/C14H9Cl2F3N2O/c15-9-2-1-3-10(7-9)20-13(22)21-12-6-8(14(17,18)19)4-5-11(12)16/h1-7H,(H2,20,21,22). The van der Waals surface area contributed by atoms with Crippen molar-refractivity contribution in [1.82, 2.24) is 0 Å². The van der Waals surface area contributed by atoms with E-state index in [0.29, 0.717) is 10.7 Å². The van der Waals surface area contributed by atoms with Crippen LogP contribution in [0.2, 0.25) is 10.0 Å². The highest BCUT2D eigenvalue weighted by atomic mass is 35.5. The van der Waals surface area contributed by atoms with Crippen LogP contribution in [0, 0.1) is 0 Å². The van der Waals surface area contributed by atoms with Crippen molar-refractivity contribution in [3.8, 4) is 0 Å². The summed E-state index contributed by atoms with van der Waals surface area (Å²) in [5.74, 6) is 0. The van der Waals surface area contributed by atoms with Crippen LogP contribution >= 0.6 is 23.2 Å². The summed E-state index contributed by atoms with van der Waals surface area (Å²) in [6, 6.07) is 8.25. The van der Waals surface area contributed by atoms with Crippen LogP contribution in [-0.2, 0) is 6.18 Å². The summed E-state index contributed by atoms with van der Waals surface area (Å²) in [6.07, 6.45) is -4.52. The van der Waals surface area contributed by atoms with E-state index in [1.807, 2.05) is 0 Å². The minimum absolute atomic E-state index is 0.00533. The first-order valence-electron chi connectivity index (χ1n) is 5.96. The second kappa shape index (κ2) is 6.46. The largest absolute Gasteiger partial charge is 0.416 e. The molecular weight excluding hydrogens is 340 g/mol. The lowest BCUT2D eigenvalue weighted by Crippen LogP contribution is -2.20. The lowest BCUT2D eigenvalue weighted by molar-refractivity contribution is -0.137. The molecule has 0 aromatic heterocycles. The van der Waals surface area contributed by atoms with E-state index in [0.717, 1.165) is 18.2 Å². The van der Waals surface area contributed by atoms with Gasteiger partial charge in [-0.3, -0.25) is 0 Å². The predicted molar refractivity (Wildman–Crippen MR) is 80.5 cm³/mol. The zero-order valence-corrected chi connectivity index (χ0v) is 12.4. The number of carbonyl (C=O) groups is 1. The molecule has 116 valence electrons. The number of rotatable bonds is 2. The zero-order valence-electron chi connectivity index (χ0n) is 10.8. The van der Waals surface area contributed by atoms with Crippen molar-refractivity contribution < 1.29 is 18.0 Å². The van der Waals surface area contributed by atoms with Gasteiger partial charge in [-0.2, -0.15) is 13.2 Å². The van der Waals surface area contributed by atoms with Gasteiger partial charge in [-0.05, 0) is 36.4 Å². The van der Waals surface area contributed by atoms with Crippen LogP contribution in [0.1, 0.15) is 5.56 Å². The number of urea groups is 1. The number of amides is 2. The number of alkyl halides is 3. The van der Waals surface area contributed by atoms with Crippen LogP contribution in [0.15, 0.2) is 42.5 Å². The molecule has 0 saturated carbocycles. The number of anilines is 2. The molecule has 0 heterocycles. The molecule has 0 aliphatic carbocycles. The normalized spacial score (nSPS) is 11.1. The Morgan fingerprint density at radius 2 is 1.73 bits per heavy atom. The third-order valence-corrected chi connectivity index (χ3v) is 3.19. The van der Waals surface area contributed by atoms with Gasteiger partial charge in [0.1, 0.15) is 0 Å². The summed E-state index contributed by atoms with van der Waals surface area (Å²) >= 11 is 11.6. The van der Waals surface area contributed by atoms with Crippen molar-refractivity contribution in [2.24, 2.45) is 0 Å². The molecule has 0 aliphatic heterocycles. The molecule has 2 aromatic carbocycles. The number of halogens is 5. The summed E-state index contributed by atoms with van der Waals surface area (Å²) < 4.78 is 37.9. The second-order valence-corrected chi connectivity index (χ2v) is 5.13. The topological polar surface area (TPSA) is 41.1 Å². The monoisotopic (exact) mass is 348 g/mol. The summed E-state index contributed by atoms with van der Waals surface area (Å²) in [5, 5.41) is 5.11. The quantitative estimate of drug-likeness (QED) is 0.722. The van der Waals surface area contributed by atoms with Crippen LogP contribution in [0.4, 0.5) is 29.3 Å². The molecule has 0 bridgehead atoms. The summed E-state index contributed by atoms with van der Waals surface area (Å²) in [5.41, 5.74) is -0.654. The highest BCUT2D eigenvalue weighted by Crippen LogP contribution is 2.33. The van der Waals surface area contributed by atoms with E-state index in [1.165, 1.54) is 6.07 Å². The lowest BCUT2D eigenvalue weighted by atomic mass is 10.2. The first-order valence-corrected chi connectivity index (χ1v) is 6.71. The Hall–Kier alpha value is -1.92. The average molecular weight is 349 g/mol. The first-order chi connectivity index (χ1) is 10.3. The Morgan fingerprint density at radius 1 is 1.00 bits per heavy atom. The molecule has 0 fully saturated rings. The van der Waals surface area contributed by atoms with Crippen LogP contribution in [0.25, 0.3) is 0 Å². The summed E-state index contributed by atoms with van der Waals surface area (Å²) in [4.78, 5) is 11.8. The van der Waals surface area contributed by atoms with Gasteiger partial charge in [-0.15, -0.1) is 0 Å². The first kappa shape index (κ1) is 16.5. The molecule has 2 N–H and O–H groups in total. The van der Waals surface area contributed by atoms with E-state index >= 15 is 0 Å². The van der Waals surface area contributed by atoms with Crippen molar-refractivity contribution in [3.05, 3.63) is 58.1 Å². The number of nitrogens with one attached hydrogen (secondary N) is 2. The Balaban J connectivity index is 2.14. The van der Waals surface area contributed by atoms with Crippen molar-refractivity contribution in [2.75, 3.05) is 10.6 Å². The van der Waals surface area contributed by atoms with Gasteiger partial charge >= 0.3 is 12.2 Å². The Labute approximate surface area is 134 Å². The van der Waals surface area contributed by atoms with Gasteiger partial charge in [0.25, 0.3) is 0 Å². The van der Waals surface area contributed by atoms with Gasteiger partial charge in [0, 0.05) is 10.7 Å². The van der Waals surface area contributed by atoms with Crippen LogP contribution in [-0.4, -0.2) is 6.03 Å². The number of benzene rings is 2. The molecule has 0 spiro atoms. The SMILES string of the molecule is O=C(Nc1cccc(Cl)c1)Nc1cc(C(F)(F)F)ccc1Cl. The van der Waals surface area contributed by atoms with Crippen molar-refractivity contribution in [3.63, 3.8) is 0 Å². The predicted octanol–water partition coefficient (Wildman–Crippen LogP) is 5.66. The van der Waals surface area contributed by atoms with Crippen LogP contribution < -0.4 is 10.6 Å². The third-order valence-electron chi connectivity index (χ3n) is 2.62. The maximum atomic E-state index is 12.6. The molecule has 3 nitrogen and oxygen atoms in total. The molecule has 0 radical (unpaired) electrons. The van der Waals surface area contributed by atoms with E-state index in [1.54, 1.807) is 18.2 Å². The Kier molecular flexibility index (Phi) is 4.83. The van der Waals surface area contributed by atoms with Gasteiger partial charge in [-0.1, -0.05) is 29.3 Å². The minimum atomic E-state index is -4.52. The van der Waals surface area contributed by atoms with Crippen LogP contribution in [0.5, 0.6) is 0 Å². The second-order valence-electron chi connectivity index (χ2n) is 4.28. The lowest BCUT2D eigenvalue weighted by Gasteiger charge is -2.12. The fourth-order valence-electron chi connectivity index (χ4n) is 1.65. The summed E-state index contributed by atoms with van der Waals surface area (Å²) in [6.45, 7) is 0. The molecule has 0 unspecified atom stereocenters. The highest BCUT2D eigenvalue weighted by molar-refractivity contribution is 6.34. The van der Waals surface area contributed by atoms with E-state index < -0.39 is 17.8 Å². The number of hydrogen-bond acceptors (Lipinski definition) is 1. The fraction of sp³-hybridized carbons (Fsp3) is 0.0714. The average Bonchev–Trinajstić information content (AvgIpc) is 2.40. The fourth-order valence-corrected chi connectivity index (χ4v) is 2.00. The molecule has 0 aliphatic rings. The molecule has 2 rings (SSSR count). The van der Waals surface area contributed by atoms with E-state index in [-0.39, 0.29) is 10.7 Å². The Bertz CT molecular complexity index is 705. The van der Waals surface area contributed by atoms with Gasteiger partial charge in [0.15, 0.2) is 0 Å². The zero-order chi connectivity index (χ0) is 16.3. The molecule has 2 aromatic rings. The minimum Gasteiger partial charge on any atom is -0.308 e. The van der Waals surface area contributed by atoms with Gasteiger partial charge in [0.2, 0.25) is 0 Å². The maximum Gasteiger partial charge on any atom is 0.416 e. The Morgan fingerprint density at radius 3 is 2.36 bits per heavy atom. The number of hydrogen-bond donors (Lipinski definition) is 2. The van der Waals surface area contributed by atoms with Crippen molar-refractivity contribution >= 4 is 40.6 Å². The molecule has 0 saturated heterocycles. The van der Waals surface area contributed by atoms with Crippen molar-refractivity contribution in [1.29, 1.82) is 0 Å².